The van der Waals surface area contributed by atoms with Gasteiger partial charge in [-0.1, -0.05) is 17.8 Å². The number of carbonyl (C=O) groups is 1. The molecule has 0 bridgehead atoms. The lowest BCUT2D eigenvalue weighted by Crippen LogP contribution is -1.87. The molecule has 0 heterocycles. The number of rotatable bonds is 3. The molecule has 0 fully saturated rings. The lowest BCUT2D eigenvalue weighted by atomic mass is 10.2. The number of aldehydes is 1. The normalized spacial score (nSPS) is 10.2. The fourth-order valence-corrected chi connectivity index (χ4v) is 2.29. The Labute approximate surface area is 101 Å². The summed E-state index contributed by atoms with van der Waals surface area (Å²) >= 11 is 1.22. The number of hydrogen-bond acceptors (Lipinski definition) is 2. The molecule has 17 heavy (non-hydrogen) atoms. The maximum Gasteiger partial charge on any atom is 0.151 e. The van der Waals surface area contributed by atoms with E-state index < -0.39 is 5.82 Å². The lowest BCUT2D eigenvalue weighted by molar-refractivity contribution is 0.112. The van der Waals surface area contributed by atoms with Crippen molar-refractivity contribution in [2.45, 2.75) is 9.79 Å². The van der Waals surface area contributed by atoms with Gasteiger partial charge in [0, 0.05) is 15.4 Å². The topological polar surface area (TPSA) is 17.1 Å². The third kappa shape index (κ3) is 2.91. The van der Waals surface area contributed by atoms with Gasteiger partial charge in [-0.15, -0.1) is 0 Å². The van der Waals surface area contributed by atoms with E-state index in [1.807, 2.05) is 0 Å². The molecule has 0 atom stereocenters. The van der Waals surface area contributed by atoms with Gasteiger partial charge in [0.25, 0.3) is 0 Å². The summed E-state index contributed by atoms with van der Waals surface area (Å²) in [6, 6.07) is 9.96. The molecule has 0 unspecified atom stereocenters. The van der Waals surface area contributed by atoms with Gasteiger partial charge in [-0.05, 0) is 36.4 Å². The van der Waals surface area contributed by atoms with E-state index >= 15 is 0 Å². The van der Waals surface area contributed by atoms with Crippen LogP contribution in [-0.4, -0.2) is 6.29 Å². The Bertz CT molecular complexity index is 555. The molecule has 0 N–H and O–H groups in total. The summed E-state index contributed by atoms with van der Waals surface area (Å²) in [4.78, 5) is 12.1. The van der Waals surface area contributed by atoms with Crippen LogP contribution >= 0.6 is 11.8 Å². The molecule has 0 amide bonds. The number of halogens is 2. The van der Waals surface area contributed by atoms with E-state index in [4.69, 9.17) is 0 Å². The van der Waals surface area contributed by atoms with Crippen LogP contribution in [0.15, 0.2) is 52.3 Å². The summed E-state index contributed by atoms with van der Waals surface area (Å²) in [6.45, 7) is 0. The van der Waals surface area contributed by atoms with Crippen LogP contribution in [0, 0.1) is 11.6 Å². The molecule has 0 radical (unpaired) electrons. The molecule has 0 aliphatic carbocycles. The summed E-state index contributed by atoms with van der Waals surface area (Å²) in [5, 5.41) is 0. The van der Waals surface area contributed by atoms with E-state index in [9.17, 15) is 13.6 Å². The SMILES string of the molecule is O=Cc1cc(F)ccc1Sc1cccc(F)c1. The van der Waals surface area contributed by atoms with Gasteiger partial charge in [-0.3, -0.25) is 4.79 Å². The minimum atomic E-state index is -0.462. The Kier molecular flexibility index (Phi) is 3.54. The summed E-state index contributed by atoms with van der Waals surface area (Å²) in [5.41, 5.74) is 0.263. The van der Waals surface area contributed by atoms with E-state index in [0.717, 1.165) is 6.07 Å². The Morgan fingerprint density at radius 1 is 1.00 bits per heavy atom. The molecular formula is C13H8F2OS. The van der Waals surface area contributed by atoms with Gasteiger partial charge in [0.1, 0.15) is 11.6 Å². The average Bonchev–Trinajstić information content (AvgIpc) is 2.31. The highest BCUT2D eigenvalue weighted by Crippen LogP contribution is 2.30. The van der Waals surface area contributed by atoms with Crippen molar-refractivity contribution in [3.63, 3.8) is 0 Å². The molecule has 86 valence electrons. The zero-order chi connectivity index (χ0) is 12.3. The van der Waals surface area contributed by atoms with E-state index in [1.54, 1.807) is 12.1 Å². The first-order chi connectivity index (χ1) is 8.19. The van der Waals surface area contributed by atoms with Crippen molar-refractivity contribution in [1.29, 1.82) is 0 Å². The van der Waals surface area contributed by atoms with Gasteiger partial charge in [0.05, 0.1) is 0 Å². The Morgan fingerprint density at radius 3 is 2.47 bits per heavy atom. The smallest absolute Gasteiger partial charge is 0.151 e. The molecule has 0 aromatic heterocycles. The molecule has 0 saturated carbocycles. The third-order valence-corrected chi connectivity index (χ3v) is 3.20. The van der Waals surface area contributed by atoms with Crippen LogP contribution < -0.4 is 0 Å². The first-order valence-corrected chi connectivity index (χ1v) is 5.69. The van der Waals surface area contributed by atoms with Gasteiger partial charge in [-0.2, -0.15) is 0 Å². The van der Waals surface area contributed by atoms with Gasteiger partial charge < -0.3 is 0 Å². The van der Waals surface area contributed by atoms with Crippen LogP contribution in [0.4, 0.5) is 8.78 Å². The Hall–Kier alpha value is -1.68. The molecule has 2 aromatic carbocycles. The molecule has 0 spiro atoms. The minimum absolute atomic E-state index is 0.263. The van der Waals surface area contributed by atoms with Crippen LogP contribution in [0.2, 0.25) is 0 Å². The number of benzene rings is 2. The molecule has 2 rings (SSSR count). The predicted octanol–water partition coefficient (Wildman–Crippen LogP) is 3.93. The van der Waals surface area contributed by atoms with E-state index in [-0.39, 0.29) is 11.4 Å². The van der Waals surface area contributed by atoms with Gasteiger partial charge in [0.15, 0.2) is 6.29 Å². The maximum absolute atomic E-state index is 13.0. The van der Waals surface area contributed by atoms with Crippen molar-refractivity contribution < 1.29 is 13.6 Å². The van der Waals surface area contributed by atoms with Crippen LogP contribution in [0.3, 0.4) is 0 Å². The monoisotopic (exact) mass is 250 g/mol. The Balaban J connectivity index is 2.32. The van der Waals surface area contributed by atoms with Crippen LogP contribution in [0.1, 0.15) is 10.4 Å². The van der Waals surface area contributed by atoms with Crippen molar-refractivity contribution in [3.8, 4) is 0 Å². The molecule has 0 aliphatic heterocycles. The first kappa shape index (κ1) is 11.8. The fraction of sp³-hybridized carbons (Fsp3) is 0. The summed E-state index contributed by atoms with van der Waals surface area (Å²) in [6.07, 6.45) is 0.588. The second kappa shape index (κ2) is 5.10. The third-order valence-electron chi connectivity index (χ3n) is 2.12. The van der Waals surface area contributed by atoms with Gasteiger partial charge >= 0.3 is 0 Å². The van der Waals surface area contributed by atoms with E-state index in [0.29, 0.717) is 16.1 Å². The molecular weight excluding hydrogens is 242 g/mol. The quantitative estimate of drug-likeness (QED) is 0.768. The molecule has 1 nitrogen and oxygen atoms in total. The lowest BCUT2D eigenvalue weighted by Gasteiger charge is -2.04. The second-order valence-electron chi connectivity index (χ2n) is 3.36. The fourth-order valence-electron chi connectivity index (χ4n) is 1.36. The van der Waals surface area contributed by atoms with Crippen molar-refractivity contribution >= 4 is 18.0 Å². The highest BCUT2D eigenvalue weighted by atomic mass is 32.2. The second-order valence-corrected chi connectivity index (χ2v) is 4.47. The number of carbonyl (C=O) groups excluding carboxylic acids is 1. The van der Waals surface area contributed by atoms with Crippen LogP contribution in [-0.2, 0) is 0 Å². The zero-order valence-corrected chi connectivity index (χ0v) is 9.51. The van der Waals surface area contributed by atoms with E-state index in [2.05, 4.69) is 0 Å². The van der Waals surface area contributed by atoms with Crippen LogP contribution in [0.25, 0.3) is 0 Å². The van der Waals surface area contributed by atoms with Gasteiger partial charge in [0.2, 0.25) is 0 Å². The highest BCUT2D eigenvalue weighted by molar-refractivity contribution is 7.99. The molecule has 0 aliphatic rings. The molecule has 0 saturated heterocycles. The van der Waals surface area contributed by atoms with Crippen molar-refractivity contribution in [2.24, 2.45) is 0 Å². The van der Waals surface area contributed by atoms with Crippen molar-refractivity contribution in [3.05, 3.63) is 59.7 Å². The zero-order valence-electron chi connectivity index (χ0n) is 8.69. The highest BCUT2D eigenvalue weighted by Gasteiger charge is 2.05. The van der Waals surface area contributed by atoms with E-state index in [1.165, 1.54) is 36.0 Å². The largest absolute Gasteiger partial charge is 0.298 e. The first-order valence-electron chi connectivity index (χ1n) is 4.87. The minimum Gasteiger partial charge on any atom is -0.298 e. The summed E-state index contributed by atoms with van der Waals surface area (Å²) < 4.78 is 25.9. The standard InChI is InChI=1S/C13H8F2OS/c14-10-2-1-3-12(7-10)17-13-5-4-11(15)6-9(13)8-16/h1-8H. The molecule has 4 heteroatoms. The van der Waals surface area contributed by atoms with Gasteiger partial charge in [-0.25, -0.2) is 8.78 Å². The predicted molar refractivity (Wildman–Crippen MR) is 62.3 cm³/mol. The maximum atomic E-state index is 13.0. The van der Waals surface area contributed by atoms with Crippen molar-refractivity contribution in [2.75, 3.05) is 0 Å². The number of hydrogen-bond donors (Lipinski definition) is 0. The summed E-state index contributed by atoms with van der Waals surface area (Å²) in [7, 11) is 0. The summed E-state index contributed by atoms with van der Waals surface area (Å²) in [5.74, 6) is -0.805. The van der Waals surface area contributed by atoms with Crippen molar-refractivity contribution in [1.82, 2.24) is 0 Å². The molecule has 2 aromatic rings. The van der Waals surface area contributed by atoms with Crippen LogP contribution in [0.5, 0.6) is 0 Å². The Morgan fingerprint density at radius 2 is 1.76 bits per heavy atom. The average molecular weight is 250 g/mol.